The Kier molecular flexibility index (Phi) is 3.66. The average Bonchev–Trinajstić information content (AvgIpc) is 2.42. The Balaban J connectivity index is 2.46. The number of pyridine rings is 1. The van der Waals surface area contributed by atoms with E-state index in [0.29, 0.717) is 5.69 Å². The molecule has 0 aliphatic rings. The molecule has 0 aliphatic carbocycles. The number of hydrogen-bond donors (Lipinski definition) is 2. The second-order valence-corrected chi connectivity index (χ2v) is 3.88. The maximum atomic E-state index is 11.6. The Morgan fingerprint density at radius 1 is 1.37 bits per heavy atom. The molecule has 0 bridgehead atoms. The molecule has 1 aromatic carbocycles. The van der Waals surface area contributed by atoms with Gasteiger partial charge < -0.3 is 15.6 Å². The summed E-state index contributed by atoms with van der Waals surface area (Å²) in [6.07, 6.45) is 0. The van der Waals surface area contributed by atoms with Crippen LogP contribution in [0.15, 0.2) is 36.4 Å². The minimum absolute atomic E-state index is 0.0371. The summed E-state index contributed by atoms with van der Waals surface area (Å²) in [5.41, 5.74) is 6.87. The van der Waals surface area contributed by atoms with Crippen LogP contribution in [-0.2, 0) is 4.74 Å². The Labute approximate surface area is 110 Å². The first-order valence-electron chi connectivity index (χ1n) is 5.85. The minimum Gasteiger partial charge on any atom is -0.506 e. The molecule has 3 N–H and O–H groups in total. The largest absolute Gasteiger partial charge is 0.506 e. The summed E-state index contributed by atoms with van der Waals surface area (Å²) in [5.74, 6) is -0.666. The molecule has 0 saturated heterocycles. The van der Waals surface area contributed by atoms with Crippen molar-refractivity contribution in [2.75, 3.05) is 12.3 Å². The Morgan fingerprint density at radius 2 is 2.05 bits per heavy atom. The summed E-state index contributed by atoms with van der Waals surface area (Å²) in [4.78, 5) is 15.7. The summed E-state index contributed by atoms with van der Waals surface area (Å²) < 4.78 is 4.84. The molecule has 5 nitrogen and oxygen atoms in total. The normalized spacial score (nSPS) is 10.2. The summed E-state index contributed by atoms with van der Waals surface area (Å²) in [7, 11) is 0. The molecule has 98 valence electrons. The summed E-state index contributed by atoms with van der Waals surface area (Å²) in [5, 5.41) is 9.96. The lowest BCUT2D eigenvalue weighted by atomic mass is 10.1. The van der Waals surface area contributed by atoms with Crippen LogP contribution in [-0.4, -0.2) is 22.7 Å². The number of carbonyl (C=O) groups is 1. The van der Waals surface area contributed by atoms with Gasteiger partial charge in [0.05, 0.1) is 6.61 Å². The van der Waals surface area contributed by atoms with E-state index in [4.69, 9.17) is 10.5 Å². The van der Waals surface area contributed by atoms with E-state index in [0.717, 1.165) is 5.56 Å². The number of nitrogens with zero attached hydrogens (tertiary/aromatic N) is 1. The zero-order valence-corrected chi connectivity index (χ0v) is 10.5. The number of benzene rings is 1. The Bertz CT molecular complexity index is 597. The maximum absolute atomic E-state index is 11.6. The van der Waals surface area contributed by atoms with Gasteiger partial charge in [-0.05, 0) is 6.92 Å². The van der Waals surface area contributed by atoms with E-state index in [1.807, 2.05) is 18.2 Å². The third kappa shape index (κ3) is 2.65. The van der Waals surface area contributed by atoms with Gasteiger partial charge in [0.25, 0.3) is 0 Å². The molecule has 0 aliphatic heterocycles. The third-order valence-corrected chi connectivity index (χ3v) is 2.57. The number of aromatic nitrogens is 1. The van der Waals surface area contributed by atoms with Gasteiger partial charge in [0.15, 0.2) is 0 Å². The molecule has 1 aromatic heterocycles. The number of nitrogen functional groups attached to an aromatic ring is 1. The molecule has 0 fully saturated rings. The summed E-state index contributed by atoms with van der Waals surface area (Å²) in [6.45, 7) is 1.93. The van der Waals surface area contributed by atoms with E-state index in [9.17, 15) is 9.90 Å². The van der Waals surface area contributed by atoms with E-state index in [1.54, 1.807) is 19.1 Å². The number of rotatable bonds is 3. The van der Waals surface area contributed by atoms with Gasteiger partial charge in [0.2, 0.25) is 0 Å². The van der Waals surface area contributed by atoms with Crippen molar-refractivity contribution < 1.29 is 14.6 Å². The second-order valence-electron chi connectivity index (χ2n) is 3.88. The first-order valence-corrected chi connectivity index (χ1v) is 5.85. The SMILES string of the molecule is CCOC(=O)c1cc(O)c(-c2ccccc2)nc1N. The van der Waals surface area contributed by atoms with Gasteiger partial charge in [-0.3, -0.25) is 0 Å². The number of aromatic hydroxyl groups is 1. The van der Waals surface area contributed by atoms with E-state index >= 15 is 0 Å². The van der Waals surface area contributed by atoms with Gasteiger partial charge in [-0.2, -0.15) is 0 Å². The van der Waals surface area contributed by atoms with Crippen LogP contribution in [0.2, 0.25) is 0 Å². The van der Waals surface area contributed by atoms with Crippen LogP contribution in [0.4, 0.5) is 5.82 Å². The van der Waals surface area contributed by atoms with Crippen molar-refractivity contribution in [2.45, 2.75) is 6.92 Å². The van der Waals surface area contributed by atoms with Gasteiger partial charge >= 0.3 is 5.97 Å². The van der Waals surface area contributed by atoms with Crippen LogP contribution in [0.5, 0.6) is 5.75 Å². The zero-order valence-electron chi connectivity index (χ0n) is 10.5. The highest BCUT2D eigenvalue weighted by atomic mass is 16.5. The molecule has 0 radical (unpaired) electrons. The first-order chi connectivity index (χ1) is 9.13. The molecule has 1 heterocycles. The highest BCUT2D eigenvalue weighted by molar-refractivity contribution is 5.95. The van der Waals surface area contributed by atoms with E-state index in [1.165, 1.54) is 6.07 Å². The molecule has 0 atom stereocenters. The molecule has 0 amide bonds. The van der Waals surface area contributed by atoms with Crippen molar-refractivity contribution in [2.24, 2.45) is 0 Å². The van der Waals surface area contributed by atoms with Crippen LogP contribution >= 0.6 is 0 Å². The Hall–Kier alpha value is -2.56. The van der Waals surface area contributed by atoms with Gasteiger partial charge in [0.1, 0.15) is 22.8 Å². The number of anilines is 1. The predicted octanol–water partition coefficient (Wildman–Crippen LogP) is 2.21. The monoisotopic (exact) mass is 258 g/mol. The van der Waals surface area contributed by atoms with Gasteiger partial charge in [-0.25, -0.2) is 9.78 Å². The molecule has 5 heteroatoms. The topological polar surface area (TPSA) is 85.4 Å². The molecular formula is C14H14N2O3. The van der Waals surface area contributed by atoms with Crippen LogP contribution in [0.25, 0.3) is 11.3 Å². The maximum Gasteiger partial charge on any atom is 0.342 e. The molecular weight excluding hydrogens is 244 g/mol. The molecule has 0 unspecified atom stereocenters. The number of carbonyl (C=O) groups excluding carboxylic acids is 1. The van der Waals surface area contributed by atoms with Crippen molar-refractivity contribution in [1.29, 1.82) is 0 Å². The summed E-state index contributed by atoms with van der Waals surface area (Å²) in [6, 6.07) is 10.4. The standard InChI is InChI=1S/C14H14N2O3/c1-2-19-14(18)10-8-11(17)12(16-13(10)15)9-6-4-3-5-7-9/h3-8,17H,2H2,1H3,(H2,15,16). The van der Waals surface area contributed by atoms with Crippen LogP contribution in [0, 0.1) is 0 Å². The zero-order chi connectivity index (χ0) is 13.8. The van der Waals surface area contributed by atoms with Crippen molar-refractivity contribution in [3.8, 4) is 17.0 Å². The fraction of sp³-hybridized carbons (Fsp3) is 0.143. The smallest absolute Gasteiger partial charge is 0.342 e. The van der Waals surface area contributed by atoms with Gasteiger partial charge in [-0.15, -0.1) is 0 Å². The van der Waals surface area contributed by atoms with Crippen LogP contribution in [0.1, 0.15) is 17.3 Å². The van der Waals surface area contributed by atoms with Crippen molar-refractivity contribution in [1.82, 2.24) is 4.98 Å². The number of nitrogens with two attached hydrogens (primary N) is 1. The van der Waals surface area contributed by atoms with Gasteiger partial charge in [-0.1, -0.05) is 30.3 Å². The highest BCUT2D eigenvalue weighted by Crippen LogP contribution is 2.30. The lowest BCUT2D eigenvalue weighted by molar-refractivity contribution is 0.0527. The molecule has 0 spiro atoms. The average molecular weight is 258 g/mol. The number of esters is 1. The molecule has 19 heavy (non-hydrogen) atoms. The van der Waals surface area contributed by atoms with Crippen LogP contribution in [0.3, 0.4) is 0 Å². The van der Waals surface area contributed by atoms with Gasteiger partial charge in [0, 0.05) is 11.6 Å². The molecule has 2 aromatic rings. The lowest BCUT2D eigenvalue weighted by Gasteiger charge is -2.09. The van der Waals surface area contributed by atoms with Crippen molar-refractivity contribution in [3.63, 3.8) is 0 Å². The van der Waals surface area contributed by atoms with E-state index < -0.39 is 5.97 Å². The third-order valence-electron chi connectivity index (χ3n) is 2.57. The molecule has 2 rings (SSSR count). The van der Waals surface area contributed by atoms with Crippen molar-refractivity contribution in [3.05, 3.63) is 42.0 Å². The highest BCUT2D eigenvalue weighted by Gasteiger charge is 2.17. The quantitative estimate of drug-likeness (QED) is 0.824. The fourth-order valence-electron chi connectivity index (χ4n) is 1.70. The fourth-order valence-corrected chi connectivity index (χ4v) is 1.70. The molecule has 0 saturated carbocycles. The number of ether oxygens (including phenoxy) is 1. The first kappa shape index (κ1) is 12.9. The van der Waals surface area contributed by atoms with Crippen LogP contribution < -0.4 is 5.73 Å². The van der Waals surface area contributed by atoms with E-state index in [-0.39, 0.29) is 23.7 Å². The predicted molar refractivity (Wildman–Crippen MR) is 71.7 cm³/mol. The minimum atomic E-state index is -0.595. The Morgan fingerprint density at radius 3 is 2.68 bits per heavy atom. The summed E-state index contributed by atoms with van der Waals surface area (Å²) >= 11 is 0. The second kappa shape index (κ2) is 5.39. The number of hydrogen-bond acceptors (Lipinski definition) is 5. The lowest BCUT2D eigenvalue weighted by Crippen LogP contribution is -2.09. The van der Waals surface area contributed by atoms with Crippen molar-refractivity contribution >= 4 is 11.8 Å². The van der Waals surface area contributed by atoms with E-state index in [2.05, 4.69) is 4.98 Å².